The maximum atomic E-state index is 7.69. The molecule has 1 rings (SSSR count). The molecule has 0 radical (unpaired) electrons. The SMILES string of the molecule is CCC(=N)N(C)Cc1cccc(OC)c1. The lowest BCUT2D eigenvalue weighted by atomic mass is 10.2. The van der Waals surface area contributed by atoms with Crippen molar-refractivity contribution in [3.05, 3.63) is 29.8 Å². The Morgan fingerprint density at radius 3 is 2.80 bits per heavy atom. The topological polar surface area (TPSA) is 36.3 Å². The van der Waals surface area contributed by atoms with Crippen LogP contribution in [0.4, 0.5) is 0 Å². The average Bonchev–Trinajstić information content (AvgIpc) is 2.28. The lowest BCUT2D eigenvalue weighted by molar-refractivity contribution is 0.412. The molecule has 3 heteroatoms. The van der Waals surface area contributed by atoms with Crippen LogP contribution in [0.5, 0.6) is 5.75 Å². The van der Waals surface area contributed by atoms with E-state index in [9.17, 15) is 0 Å². The van der Waals surface area contributed by atoms with Crippen LogP contribution in [-0.4, -0.2) is 24.9 Å². The van der Waals surface area contributed by atoms with Crippen LogP contribution in [-0.2, 0) is 6.54 Å². The van der Waals surface area contributed by atoms with Gasteiger partial charge in [-0.25, -0.2) is 0 Å². The molecule has 0 atom stereocenters. The normalized spacial score (nSPS) is 9.80. The minimum atomic E-state index is 0.651. The van der Waals surface area contributed by atoms with Gasteiger partial charge in [-0.15, -0.1) is 0 Å². The van der Waals surface area contributed by atoms with Crippen LogP contribution in [0.1, 0.15) is 18.9 Å². The van der Waals surface area contributed by atoms with Crippen LogP contribution in [0.3, 0.4) is 0 Å². The molecule has 0 aliphatic rings. The number of hydrogen-bond donors (Lipinski definition) is 1. The zero-order valence-electron chi connectivity index (χ0n) is 9.58. The average molecular weight is 206 g/mol. The summed E-state index contributed by atoms with van der Waals surface area (Å²) in [5.74, 6) is 1.52. The maximum absolute atomic E-state index is 7.69. The molecule has 0 aliphatic heterocycles. The number of ether oxygens (including phenoxy) is 1. The van der Waals surface area contributed by atoms with Crippen molar-refractivity contribution in [3.8, 4) is 5.75 Å². The highest BCUT2D eigenvalue weighted by Crippen LogP contribution is 2.14. The van der Waals surface area contributed by atoms with Crippen molar-refractivity contribution in [2.45, 2.75) is 19.9 Å². The standard InChI is InChI=1S/C12H18N2O/c1-4-12(13)14(2)9-10-6-5-7-11(8-10)15-3/h5-8,13H,4,9H2,1-3H3. The highest BCUT2D eigenvalue weighted by atomic mass is 16.5. The number of methoxy groups -OCH3 is 1. The van der Waals surface area contributed by atoms with Gasteiger partial charge in [-0.05, 0) is 17.7 Å². The van der Waals surface area contributed by atoms with Gasteiger partial charge in [-0.2, -0.15) is 0 Å². The van der Waals surface area contributed by atoms with Crippen molar-refractivity contribution >= 4 is 5.84 Å². The summed E-state index contributed by atoms with van der Waals surface area (Å²) < 4.78 is 5.15. The van der Waals surface area contributed by atoms with Crippen molar-refractivity contribution in [3.63, 3.8) is 0 Å². The third kappa shape index (κ3) is 3.27. The summed E-state index contributed by atoms with van der Waals surface area (Å²) in [4.78, 5) is 1.94. The summed E-state index contributed by atoms with van der Waals surface area (Å²) in [5.41, 5.74) is 1.16. The second-order valence-electron chi connectivity index (χ2n) is 3.51. The van der Waals surface area contributed by atoms with E-state index in [1.165, 1.54) is 0 Å². The Morgan fingerprint density at radius 1 is 1.47 bits per heavy atom. The number of benzene rings is 1. The molecule has 0 spiro atoms. The van der Waals surface area contributed by atoms with E-state index in [0.29, 0.717) is 5.84 Å². The smallest absolute Gasteiger partial charge is 0.119 e. The molecule has 0 unspecified atom stereocenters. The highest BCUT2D eigenvalue weighted by Gasteiger charge is 2.03. The van der Waals surface area contributed by atoms with Crippen LogP contribution in [0, 0.1) is 5.41 Å². The minimum absolute atomic E-state index is 0.651. The van der Waals surface area contributed by atoms with Crippen LogP contribution >= 0.6 is 0 Å². The van der Waals surface area contributed by atoms with Crippen molar-refractivity contribution in [2.75, 3.05) is 14.2 Å². The van der Waals surface area contributed by atoms with E-state index in [0.717, 1.165) is 24.3 Å². The lowest BCUT2D eigenvalue weighted by Gasteiger charge is -2.19. The fourth-order valence-electron chi connectivity index (χ4n) is 1.41. The van der Waals surface area contributed by atoms with Gasteiger partial charge in [0.25, 0.3) is 0 Å². The number of hydrogen-bond acceptors (Lipinski definition) is 2. The Morgan fingerprint density at radius 2 is 2.20 bits per heavy atom. The fraction of sp³-hybridized carbons (Fsp3) is 0.417. The van der Waals surface area contributed by atoms with Crippen molar-refractivity contribution in [1.82, 2.24) is 4.90 Å². The molecule has 0 saturated carbocycles. The van der Waals surface area contributed by atoms with Gasteiger partial charge >= 0.3 is 0 Å². The molecule has 0 fully saturated rings. The molecule has 1 N–H and O–H groups in total. The van der Waals surface area contributed by atoms with Crippen LogP contribution in [0.15, 0.2) is 24.3 Å². The van der Waals surface area contributed by atoms with Gasteiger partial charge in [0.1, 0.15) is 5.75 Å². The Bertz CT molecular complexity index is 336. The summed E-state index contributed by atoms with van der Waals surface area (Å²) in [6, 6.07) is 7.94. The van der Waals surface area contributed by atoms with Crippen molar-refractivity contribution in [2.24, 2.45) is 0 Å². The largest absolute Gasteiger partial charge is 0.497 e. The molecule has 15 heavy (non-hydrogen) atoms. The molecule has 0 aromatic heterocycles. The maximum Gasteiger partial charge on any atom is 0.119 e. The molecule has 3 nitrogen and oxygen atoms in total. The van der Waals surface area contributed by atoms with Crippen LogP contribution in [0.2, 0.25) is 0 Å². The van der Waals surface area contributed by atoms with Gasteiger partial charge in [0.15, 0.2) is 0 Å². The quantitative estimate of drug-likeness (QED) is 0.607. The fourth-order valence-corrected chi connectivity index (χ4v) is 1.41. The Hall–Kier alpha value is -1.51. The van der Waals surface area contributed by atoms with E-state index in [2.05, 4.69) is 0 Å². The molecule has 0 aliphatic carbocycles. The summed E-state index contributed by atoms with van der Waals surface area (Å²) in [6.45, 7) is 2.74. The summed E-state index contributed by atoms with van der Waals surface area (Å²) in [6.07, 6.45) is 0.764. The van der Waals surface area contributed by atoms with Crippen LogP contribution in [0.25, 0.3) is 0 Å². The summed E-state index contributed by atoms with van der Waals surface area (Å²) in [5, 5.41) is 7.69. The van der Waals surface area contributed by atoms with Gasteiger partial charge in [-0.1, -0.05) is 19.1 Å². The Kier molecular flexibility index (Phi) is 4.16. The molecule has 0 saturated heterocycles. The molecular formula is C12H18N2O. The molecule has 0 amide bonds. The zero-order chi connectivity index (χ0) is 11.3. The highest BCUT2D eigenvalue weighted by molar-refractivity contribution is 5.78. The first-order chi connectivity index (χ1) is 7.17. The van der Waals surface area contributed by atoms with E-state index in [1.54, 1.807) is 7.11 Å². The van der Waals surface area contributed by atoms with Gasteiger partial charge in [0.05, 0.1) is 12.9 Å². The first-order valence-corrected chi connectivity index (χ1v) is 5.09. The second kappa shape index (κ2) is 5.39. The second-order valence-corrected chi connectivity index (χ2v) is 3.51. The molecule has 0 bridgehead atoms. The molecule has 82 valence electrons. The third-order valence-corrected chi connectivity index (χ3v) is 2.35. The third-order valence-electron chi connectivity index (χ3n) is 2.35. The monoisotopic (exact) mass is 206 g/mol. The zero-order valence-corrected chi connectivity index (χ0v) is 9.58. The number of amidine groups is 1. The van der Waals surface area contributed by atoms with Gasteiger partial charge in [-0.3, -0.25) is 5.41 Å². The number of nitrogens with one attached hydrogen (secondary N) is 1. The van der Waals surface area contributed by atoms with E-state index < -0.39 is 0 Å². The number of rotatable bonds is 4. The van der Waals surface area contributed by atoms with Crippen LogP contribution < -0.4 is 4.74 Å². The van der Waals surface area contributed by atoms with Crippen molar-refractivity contribution < 1.29 is 4.74 Å². The number of nitrogens with zero attached hydrogens (tertiary/aromatic N) is 1. The first-order valence-electron chi connectivity index (χ1n) is 5.09. The van der Waals surface area contributed by atoms with Crippen molar-refractivity contribution in [1.29, 1.82) is 5.41 Å². The van der Waals surface area contributed by atoms with E-state index >= 15 is 0 Å². The molecule has 0 heterocycles. The lowest BCUT2D eigenvalue weighted by Crippen LogP contribution is -2.24. The predicted molar refractivity (Wildman–Crippen MR) is 62.5 cm³/mol. The van der Waals surface area contributed by atoms with Gasteiger partial charge in [0, 0.05) is 20.0 Å². The molecular weight excluding hydrogens is 188 g/mol. The predicted octanol–water partition coefficient (Wildman–Crippen LogP) is 2.51. The van der Waals surface area contributed by atoms with E-state index in [1.807, 2.05) is 43.1 Å². The van der Waals surface area contributed by atoms with E-state index in [-0.39, 0.29) is 0 Å². The Labute approximate surface area is 91.2 Å². The summed E-state index contributed by atoms with van der Waals surface area (Å²) >= 11 is 0. The van der Waals surface area contributed by atoms with Gasteiger partial charge < -0.3 is 9.64 Å². The van der Waals surface area contributed by atoms with Gasteiger partial charge in [0.2, 0.25) is 0 Å². The molecule has 1 aromatic rings. The minimum Gasteiger partial charge on any atom is -0.497 e. The first kappa shape index (κ1) is 11.6. The molecule has 1 aromatic carbocycles. The Balaban J connectivity index is 2.67. The van der Waals surface area contributed by atoms with E-state index in [4.69, 9.17) is 10.1 Å². The summed E-state index contributed by atoms with van der Waals surface area (Å²) in [7, 11) is 3.60.